The SMILES string of the molecule is CC(=O)NC[C@H]1CN(c2ccc(-n3cc(-c4ccc(Cl)cc4)cn3)c(F)c2)C(=O)O1. The molecule has 30 heavy (non-hydrogen) atoms. The highest BCUT2D eigenvalue weighted by atomic mass is 35.5. The number of amides is 2. The number of nitrogens with one attached hydrogen (secondary N) is 1. The topological polar surface area (TPSA) is 76.5 Å². The first-order chi connectivity index (χ1) is 14.4. The number of hydrogen-bond donors (Lipinski definition) is 1. The minimum Gasteiger partial charge on any atom is -0.442 e. The first kappa shape index (κ1) is 19.9. The number of cyclic esters (lactones) is 1. The number of rotatable bonds is 5. The van der Waals surface area contributed by atoms with Crippen molar-refractivity contribution in [2.24, 2.45) is 0 Å². The molecule has 2 aromatic carbocycles. The number of hydrogen-bond acceptors (Lipinski definition) is 4. The van der Waals surface area contributed by atoms with Crippen molar-refractivity contribution in [2.45, 2.75) is 13.0 Å². The number of ether oxygens (including phenoxy) is 1. The number of aromatic nitrogens is 2. The molecule has 7 nitrogen and oxygen atoms in total. The summed E-state index contributed by atoms with van der Waals surface area (Å²) in [5, 5.41) is 7.48. The molecule has 1 saturated heterocycles. The van der Waals surface area contributed by atoms with Gasteiger partial charge in [0.25, 0.3) is 0 Å². The molecule has 0 saturated carbocycles. The summed E-state index contributed by atoms with van der Waals surface area (Å²) in [5.41, 5.74) is 2.35. The van der Waals surface area contributed by atoms with E-state index in [1.54, 1.807) is 36.7 Å². The lowest BCUT2D eigenvalue weighted by molar-refractivity contribution is -0.119. The van der Waals surface area contributed by atoms with Crippen molar-refractivity contribution in [3.8, 4) is 16.8 Å². The van der Waals surface area contributed by atoms with Gasteiger partial charge in [-0.15, -0.1) is 0 Å². The molecule has 1 atom stereocenters. The normalized spacial score (nSPS) is 15.9. The van der Waals surface area contributed by atoms with Crippen molar-refractivity contribution in [3.63, 3.8) is 0 Å². The molecule has 0 spiro atoms. The molecule has 1 aliphatic rings. The van der Waals surface area contributed by atoms with Crippen LogP contribution in [-0.4, -0.2) is 41.0 Å². The number of carbonyl (C=O) groups is 2. The fourth-order valence-electron chi connectivity index (χ4n) is 3.19. The van der Waals surface area contributed by atoms with Gasteiger partial charge in [0, 0.05) is 23.7 Å². The molecular weight excluding hydrogens is 411 g/mol. The minimum absolute atomic E-state index is 0.207. The fourth-order valence-corrected chi connectivity index (χ4v) is 3.32. The van der Waals surface area contributed by atoms with Gasteiger partial charge in [0.05, 0.1) is 25.0 Å². The van der Waals surface area contributed by atoms with Gasteiger partial charge >= 0.3 is 6.09 Å². The molecular formula is C21H18ClFN4O3. The van der Waals surface area contributed by atoms with Crippen LogP contribution in [0.3, 0.4) is 0 Å². The van der Waals surface area contributed by atoms with Crippen LogP contribution in [-0.2, 0) is 9.53 Å². The van der Waals surface area contributed by atoms with Crippen LogP contribution in [0.5, 0.6) is 0 Å². The monoisotopic (exact) mass is 428 g/mol. The molecule has 1 aliphatic heterocycles. The number of benzene rings is 2. The summed E-state index contributed by atoms with van der Waals surface area (Å²) < 4.78 is 21.5. The van der Waals surface area contributed by atoms with Crippen LogP contribution in [0.4, 0.5) is 14.9 Å². The summed E-state index contributed by atoms with van der Waals surface area (Å²) in [5.74, 6) is -0.742. The van der Waals surface area contributed by atoms with E-state index < -0.39 is 18.0 Å². The highest BCUT2D eigenvalue weighted by Gasteiger charge is 2.32. The van der Waals surface area contributed by atoms with Crippen molar-refractivity contribution in [1.82, 2.24) is 15.1 Å². The summed E-state index contributed by atoms with van der Waals surface area (Å²) in [4.78, 5) is 24.5. The number of carbonyl (C=O) groups excluding carboxylic acids is 2. The Labute approximate surface area is 177 Å². The standard InChI is InChI=1S/C21H18ClFN4O3/c1-13(28)24-10-18-12-26(21(29)30-18)17-6-7-20(19(23)8-17)27-11-15(9-25-27)14-2-4-16(22)5-3-14/h2-9,11,18H,10,12H2,1H3,(H,24,28)/t18-/m0/s1. The van der Waals surface area contributed by atoms with Crippen LogP contribution < -0.4 is 10.2 Å². The van der Waals surface area contributed by atoms with E-state index in [1.807, 2.05) is 12.1 Å². The third-order valence-electron chi connectivity index (χ3n) is 4.70. The summed E-state index contributed by atoms with van der Waals surface area (Å²) >= 11 is 5.91. The molecule has 0 radical (unpaired) electrons. The van der Waals surface area contributed by atoms with E-state index in [0.717, 1.165) is 11.1 Å². The molecule has 1 N–H and O–H groups in total. The third kappa shape index (κ3) is 4.13. The van der Waals surface area contributed by atoms with Gasteiger partial charge in [-0.1, -0.05) is 23.7 Å². The highest BCUT2D eigenvalue weighted by Crippen LogP contribution is 2.27. The Hall–Kier alpha value is -3.39. The van der Waals surface area contributed by atoms with Crippen molar-refractivity contribution in [2.75, 3.05) is 18.0 Å². The molecule has 154 valence electrons. The average molecular weight is 429 g/mol. The molecule has 0 unspecified atom stereocenters. The molecule has 0 bridgehead atoms. The molecule has 3 aromatic rings. The van der Waals surface area contributed by atoms with E-state index in [1.165, 1.54) is 22.6 Å². The van der Waals surface area contributed by atoms with E-state index in [2.05, 4.69) is 10.4 Å². The molecule has 1 fully saturated rings. The Bertz CT molecular complexity index is 1100. The zero-order valence-corrected chi connectivity index (χ0v) is 16.8. The fraction of sp³-hybridized carbons (Fsp3) is 0.190. The Morgan fingerprint density at radius 3 is 2.73 bits per heavy atom. The van der Waals surface area contributed by atoms with Crippen LogP contribution in [0.1, 0.15) is 6.92 Å². The second-order valence-corrected chi connectivity index (χ2v) is 7.31. The summed E-state index contributed by atoms with van der Waals surface area (Å²) in [6.07, 6.45) is 2.29. The maximum atomic E-state index is 14.8. The Morgan fingerprint density at radius 2 is 2.03 bits per heavy atom. The Balaban J connectivity index is 1.52. The van der Waals surface area contributed by atoms with Crippen molar-refractivity contribution in [3.05, 3.63) is 65.7 Å². The second-order valence-electron chi connectivity index (χ2n) is 6.87. The van der Waals surface area contributed by atoms with Gasteiger partial charge in [0.2, 0.25) is 5.91 Å². The largest absolute Gasteiger partial charge is 0.442 e. The van der Waals surface area contributed by atoms with E-state index in [9.17, 15) is 14.0 Å². The molecule has 2 heterocycles. The van der Waals surface area contributed by atoms with Crippen LogP contribution >= 0.6 is 11.6 Å². The minimum atomic E-state index is -0.582. The first-order valence-electron chi connectivity index (χ1n) is 9.24. The first-order valence-corrected chi connectivity index (χ1v) is 9.61. The number of anilines is 1. The van der Waals surface area contributed by atoms with Gasteiger partial charge in [0.15, 0.2) is 5.82 Å². The summed E-state index contributed by atoms with van der Waals surface area (Å²) in [6.45, 7) is 1.82. The molecule has 2 amide bonds. The van der Waals surface area contributed by atoms with Crippen LogP contribution in [0.2, 0.25) is 5.02 Å². The molecule has 1 aromatic heterocycles. The van der Waals surface area contributed by atoms with Gasteiger partial charge in [0.1, 0.15) is 11.8 Å². The van der Waals surface area contributed by atoms with Crippen LogP contribution in [0.25, 0.3) is 16.8 Å². The number of halogens is 2. The molecule has 4 rings (SSSR count). The van der Waals surface area contributed by atoms with Crippen molar-refractivity contribution >= 4 is 29.3 Å². The summed E-state index contributed by atoms with van der Waals surface area (Å²) in [7, 11) is 0. The van der Waals surface area contributed by atoms with E-state index >= 15 is 0 Å². The predicted molar refractivity (Wildman–Crippen MR) is 110 cm³/mol. The lowest BCUT2D eigenvalue weighted by Gasteiger charge is -2.14. The van der Waals surface area contributed by atoms with E-state index in [-0.39, 0.29) is 24.7 Å². The van der Waals surface area contributed by atoms with Crippen LogP contribution in [0, 0.1) is 5.82 Å². The smallest absolute Gasteiger partial charge is 0.414 e. The Kier molecular flexibility index (Phi) is 5.41. The lowest BCUT2D eigenvalue weighted by atomic mass is 10.1. The number of nitrogens with zero attached hydrogens (tertiary/aromatic N) is 3. The maximum absolute atomic E-state index is 14.8. The molecule has 9 heteroatoms. The molecule has 0 aliphatic carbocycles. The van der Waals surface area contributed by atoms with Gasteiger partial charge in [-0.05, 0) is 35.9 Å². The predicted octanol–water partition coefficient (Wildman–Crippen LogP) is 3.79. The Morgan fingerprint density at radius 1 is 1.27 bits per heavy atom. The zero-order chi connectivity index (χ0) is 21.3. The second kappa shape index (κ2) is 8.16. The van der Waals surface area contributed by atoms with Gasteiger partial charge in [-0.2, -0.15) is 5.10 Å². The lowest BCUT2D eigenvalue weighted by Crippen LogP contribution is -2.33. The van der Waals surface area contributed by atoms with Gasteiger partial charge in [-0.25, -0.2) is 13.9 Å². The van der Waals surface area contributed by atoms with Crippen molar-refractivity contribution in [1.29, 1.82) is 0 Å². The van der Waals surface area contributed by atoms with Gasteiger partial charge in [-0.3, -0.25) is 9.69 Å². The van der Waals surface area contributed by atoms with Gasteiger partial charge < -0.3 is 10.1 Å². The quantitative estimate of drug-likeness (QED) is 0.670. The zero-order valence-electron chi connectivity index (χ0n) is 16.0. The average Bonchev–Trinajstić information content (AvgIpc) is 3.34. The maximum Gasteiger partial charge on any atom is 0.414 e. The van der Waals surface area contributed by atoms with E-state index in [0.29, 0.717) is 10.7 Å². The summed E-state index contributed by atoms with van der Waals surface area (Å²) in [6, 6.07) is 11.7. The third-order valence-corrected chi connectivity index (χ3v) is 4.95. The van der Waals surface area contributed by atoms with Crippen molar-refractivity contribution < 1.29 is 18.7 Å². The highest BCUT2D eigenvalue weighted by molar-refractivity contribution is 6.30. The van der Waals surface area contributed by atoms with Crippen LogP contribution in [0.15, 0.2) is 54.9 Å². The van der Waals surface area contributed by atoms with E-state index in [4.69, 9.17) is 16.3 Å².